The molecule has 3 nitrogen and oxygen atoms in total. The predicted octanol–water partition coefficient (Wildman–Crippen LogP) is 4.51. The third-order valence-corrected chi connectivity index (χ3v) is 3.77. The van der Waals surface area contributed by atoms with Crippen molar-refractivity contribution >= 4 is 28.2 Å². The second kappa shape index (κ2) is 5.70. The molecule has 0 atom stereocenters. The molecule has 106 valence electrons. The van der Waals surface area contributed by atoms with Gasteiger partial charge < -0.3 is 5.32 Å². The van der Waals surface area contributed by atoms with Gasteiger partial charge in [0, 0.05) is 30.0 Å². The number of aryl methyl sites for hydroxylation is 2. The normalized spacial score (nSPS) is 10.8. The van der Waals surface area contributed by atoms with Gasteiger partial charge in [0.2, 0.25) is 0 Å². The maximum atomic E-state index is 6.39. The Morgan fingerprint density at radius 1 is 1.14 bits per heavy atom. The molecule has 1 aromatic carbocycles. The molecule has 0 saturated carbocycles. The fraction of sp³-hybridized carbons (Fsp3) is 0.176. The maximum Gasteiger partial charge on any atom is 0.0752 e. The SMILES string of the molecule is Cc1ccc(CNc2c(Cl)cc(C)c3ncccc23)cn1. The van der Waals surface area contributed by atoms with E-state index in [2.05, 4.69) is 21.4 Å². The van der Waals surface area contributed by atoms with Crippen LogP contribution in [0.15, 0.2) is 42.7 Å². The van der Waals surface area contributed by atoms with Crippen molar-refractivity contribution in [1.82, 2.24) is 9.97 Å². The lowest BCUT2D eigenvalue weighted by atomic mass is 10.1. The van der Waals surface area contributed by atoms with Gasteiger partial charge >= 0.3 is 0 Å². The number of hydrogen-bond acceptors (Lipinski definition) is 3. The topological polar surface area (TPSA) is 37.8 Å². The summed E-state index contributed by atoms with van der Waals surface area (Å²) in [6.07, 6.45) is 3.68. The van der Waals surface area contributed by atoms with Crippen molar-refractivity contribution in [3.05, 3.63) is 64.6 Å². The van der Waals surface area contributed by atoms with Crippen LogP contribution in [0.2, 0.25) is 5.02 Å². The van der Waals surface area contributed by atoms with E-state index in [4.69, 9.17) is 11.6 Å². The zero-order valence-electron chi connectivity index (χ0n) is 12.0. The number of pyridine rings is 2. The molecule has 0 aliphatic rings. The van der Waals surface area contributed by atoms with E-state index < -0.39 is 0 Å². The lowest BCUT2D eigenvalue weighted by molar-refractivity contribution is 1.09. The second-order valence-electron chi connectivity index (χ2n) is 5.11. The Hall–Kier alpha value is -2.13. The van der Waals surface area contributed by atoms with Crippen LogP contribution in [0.1, 0.15) is 16.8 Å². The number of nitrogens with zero attached hydrogens (tertiary/aromatic N) is 2. The minimum Gasteiger partial charge on any atom is -0.379 e. The summed E-state index contributed by atoms with van der Waals surface area (Å²) >= 11 is 6.39. The van der Waals surface area contributed by atoms with Crippen LogP contribution in [0.4, 0.5) is 5.69 Å². The molecule has 21 heavy (non-hydrogen) atoms. The zero-order valence-corrected chi connectivity index (χ0v) is 12.8. The summed E-state index contributed by atoms with van der Waals surface area (Å²) in [4.78, 5) is 8.74. The molecular weight excluding hydrogens is 282 g/mol. The molecule has 0 fully saturated rings. The van der Waals surface area contributed by atoms with Gasteiger partial charge in [-0.15, -0.1) is 0 Å². The molecule has 3 rings (SSSR count). The molecule has 0 aliphatic carbocycles. The van der Waals surface area contributed by atoms with Crippen LogP contribution in [0.5, 0.6) is 0 Å². The van der Waals surface area contributed by atoms with Crippen LogP contribution in [0.3, 0.4) is 0 Å². The smallest absolute Gasteiger partial charge is 0.0752 e. The molecule has 4 heteroatoms. The van der Waals surface area contributed by atoms with E-state index in [1.54, 1.807) is 6.20 Å². The predicted molar refractivity (Wildman–Crippen MR) is 87.8 cm³/mol. The number of rotatable bonds is 3. The first-order valence-corrected chi connectivity index (χ1v) is 7.22. The highest BCUT2D eigenvalue weighted by atomic mass is 35.5. The molecule has 0 radical (unpaired) electrons. The highest BCUT2D eigenvalue weighted by Gasteiger charge is 2.09. The van der Waals surface area contributed by atoms with Gasteiger partial charge in [0.1, 0.15) is 0 Å². The average molecular weight is 298 g/mol. The van der Waals surface area contributed by atoms with Gasteiger partial charge in [0.05, 0.1) is 16.2 Å². The number of hydrogen-bond donors (Lipinski definition) is 1. The van der Waals surface area contributed by atoms with Crippen molar-refractivity contribution in [2.75, 3.05) is 5.32 Å². The van der Waals surface area contributed by atoms with Crippen molar-refractivity contribution in [3.63, 3.8) is 0 Å². The Bertz CT molecular complexity index is 782. The Labute approximate surface area is 129 Å². The molecule has 3 aromatic rings. The van der Waals surface area contributed by atoms with Crippen LogP contribution in [0, 0.1) is 13.8 Å². The molecule has 0 spiro atoms. The zero-order chi connectivity index (χ0) is 14.8. The highest BCUT2D eigenvalue weighted by Crippen LogP contribution is 2.32. The number of halogens is 1. The van der Waals surface area contributed by atoms with Gasteiger partial charge in [-0.1, -0.05) is 17.7 Å². The minimum atomic E-state index is 0.681. The van der Waals surface area contributed by atoms with E-state index >= 15 is 0 Å². The first kappa shape index (κ1) is 13.8. The van der Waals surface area contributed by atoms with Crippen LogP contribution < -0.4 is 5.32 Å². The standard InChI is InChI=1S/C17H16ClN3/c1-11-8-15(18)17(14-4-3-7-19-16(11)14)21-10-13-6-5-12(2)20-9-13/h3-9,21H,10H2,1-2H3. The van der Waals surface area contributed by atoms with Crippen molar-refractivity contribution in [2.24, 2.45) is 0 Å². The van der Waals surface area contributed by atoms with Crippen LogP contribution in [0.25, 0.3) is 10.9 Å². The number of nitrogens with one attached hydrogen (secondary N) is 1. The average Bonchev–Trinajstić information content (AvgIpc) is 2.49. The van der Waals surface area contributed by atoms with Gasteiger partial charge in [-0.2, -0.15) is 0 Å². The van der Waals surface area contributed by atoms with Gasteiger partial charge in [0.15, 0.2) is 0 Å². The van der Waals surface area contributed by atoms with Crippen molar-refractivity contribution < 1.29 is 0 Å². The van der Waals surface area contributed by atoms with Gasteiger partial charge in [0.25, 0.3) is 0 Å². The molecule has 0 saturated heterocycles. The highest BCUT2D eigenvalue weighted by molar-refractivity contribution is 6.35. The molecule has 2 aromatic heterocycles. The quantitative estimate of drug-likeness (QED) is 0.773. The number of fused-ring (bicyclic) bond motifs is 1. The molecule has 2 heterocycles. The first-order valence-electron chi connectivity index (χ1n) is 6.84. The van der Waals surface area contributed by atoms with E-state index in [1.165, 1.54) is 0 Å². The minimum absolute atomic E-state index is 0.681. The van der Waals surface area contributed by atoms with Crippen molar-refractivity contribution in [3.8, 4) is 0 Å². The molecule has 0 amide bonds. The van der Waals surface area contributed by atoms with Crippen molar-refractivity contribution in [1.29, 1.82) is 0 Å². The number of aromatic nitrogens is 2. The Balaban J connectivity index is 1.95. The molecule has 0 aliphatic heterocycles. The van der Waals surface area contributed by atoms with Crippen molar-refractivity contribution in [2.45, 2.75) is 20.4 Å². The summed E-state index contributed by atoms with van der Waals surface area (Å²) in [6, 6.07) is 9.99. The Kier molecular flexibility index (Phi) is 3.76. The van der Waals surface area contributed by atoms with Crippen LogP contribution >= 0.6 is 11.6 Å². The van der Waals surface area contributed by atoms with E-state index in [1.807, 2.05) is 44.3 Å². The fourth-order valence-corrected chi connectivity index (χ4v) is 2.69. The van der Waals surface area contributed by atoms with Gasteiger partial charge in [-0.3, -0.25) is 9.97 Å². The Morgan fingerprint density at radius 3 is 2.76 bits per heavy atom. The van der Waals surface area contributed by atoms with Gasteiger partial charge in [-0.25, -0.2) is 0 Å². The summed E-state index contributed by atoms with van der Waals surface area (Å²) in [5.74, 6) is 0. The maximum absolute atomic E-state index is 6.39. The van der Waals surface area contributed by atoms with E-state index in [0.717, 1.165) is 33.4 Å². The summed E-state index contributed by atoms with van der Waals surface area (Å²) < 4.78 is 0. The van der Waals surface area contributed by atoms with E-state index in [9.17, 15) is 0 Å². The third-order valence-electron chi connectivity index (χ3n) is 3.47. The molecule has 0 bridgehead atoms. The summed E-state index contributed by atoms with van der Waals surface area (Å²) in [5, 5.41) is 5.17. The summed E-state index contributed by atoms with van der Waals surface area (Å²) in [5.41, 5.74) is 5.12. The van der Waals surface area contributed by atoms with Crippen LogP contribution in [-0.4, -0.2) is 9.97 Å². The fourth-order valence-electron chi connectivity index (χ4n) is 2.35. The molecule has 0 unspecified atom stereocenters. The molecule has 1 N–H and O–H groups in total. The second-order valence-corrected chi connectivity index (χ2v) is 5.52. The first-order chi connectivity index (χ1) is 10.1. The third kappa shape index (κ3) is 2.83. The van der Waals surface area contributed by atoms with E-state index in [-0.39, 0.29) is 0 Å². The number of anilines is 1. The summed E-state index contributed by atoms with van der Waals surface area (Å²) in [6.45, 7) is 4.68. The van der Waals surface area contributed by atoms with E-state index in [0.29, 0.717) is 11.6 Å². The lowest BCUT2D eigenvalue weighted by Gasteiger charge is -2.13. The lowest BCUT2D eigenvalue weighted by Crippen LogP contribution is -2.02. The van der Waals surface area contributed by atoms with Gasteiger partial charge in [-0.05, 0) is 49.2 Å². The van der Waals surface area contributed by atoms with Crippen LogP contribution in [-0.2, 0) is 6.54 Å². The monoisotopic (exact) mass is 297 g/mol. The largest absolute Gasteiger partial charge is 0.379 e. The number of benzene rings is 1. The molecular formula is C17H16ClN3. The Morgan fingerprint density at radius 2 is 2.00 bits per heavy atom. The summed E-state index contributed by atoms with van der Waals surface area (Å²) in [7, 11) is 0.